The molecular formula is C43H25NOS. The summed E-state index contributed by atoms with van der Waals surface area (Å²) in [5, 5.41) is 8.30. The molecule has 7 aromatic carbocycles. The molecule has 0 fully saturated rings. The zero-order valence-corrected chi connectivity index (χ0v) is 25.5. The maximum Gasteiger partial charge on any atom is 0.143 e. The summed E-state index contributed by atoms with van der Waals surface area (Å²) in [4.78, 5) is 4.84. The Balaban J connectivity index is 1.29. The fourth-order valence-electron chi connectivity index (χ4n) is 7.28. The van der Waals surface area contributed by atoms with Gasteiger partial charge in [-0.3, -0.25) is 4.98 Å². The fourth-order valence-corrected chi connectivity index (χ4v) is 8.64. The molecule has 10 aromatic rings. The van der Waals surface area contributed by atoms with Crippen LogP contribution in [-0.4, -0.2) is 4.98 Å². The van der Waals surface area contributed by atoms with Crippen LogP contribution < -0.4 is 0 Å². The van der Waals surface area contributed by atoms with E-state index in [9.17, 15) is 0 Å². The topological polar surface area (TPSA) is 26.0 Å². The third-order valence-electron chi connectivity index (χ3n) is 9.33. The molecule has 10 rings (SSSR count). The first-order chi connectivity index (χ1) is 22.8. The van der Waals surface area contributed by atoms with Gasteiger partial charge in [0.05, 0.1) is 5.52 Å². The van der Waals surface area contributed by atoms with E-state index >= 15 is 0 Å². The molecule has 214 valence electrons. The van der Waals surface area contributed by atoms with Crippen LogP contribution in [0, 0.1) is 0 Å². The lowest BCUT2D eigenvalue weighted by atomic mass is 9.91. The SMILES string of the molecule is c1ccc(-c2cccc3c2sc2c(-c4ccc(-c5cccc6ccc7cccnc7c56)c5oc6ccccc6c45)cccc23)cc1. The van der Waals surface area contributed by atoms with E-state index in [2.05, 4.69) is 140 Å². The van der Waals surface area contributed by atoms with Crippen LogP contribution in [0.4, 0.5) is 0 Å². The normalized spacial score (nSPS) is 11.9. The van der Waals surface area contributed by atoms with Gasteiger partial charge in [-0.15, -0.1) is 11.3 Å². The highest BCUT2D eigenvalue weighted by molar-refractivity contribution is 7.26. The van der Waals surface area contributed by atoms with E-state index in [-0.39, 0.29) is 0 Å². The van der Waals surface area contributed by atoms with E-state index < -0.39 is 0 Å². The lowest BCUT2D eigenvalue weighted by Gasteiger charge is -2.12. The molecule has 0 atom stereocenters. The number of thiophene rings is 1. The Labute approximate surface area is 268 Å². The van der Waals surface area contributed by atoms with E-state index in [1.54, 1.807) is 0 Å². The lowest BCUT2D eigenvalue weighted by Crippen LogP contribution is -1.88. The third-order valence-corrected chi connectivity index (χ3v) is 10.6. The number of aromatic nitrogens is 1. The summed E-state index contributed by atoms with van der Waals surface area (Å²) in [7, 11) is 0. The molecule has 0 bridgehead atoms. The maximum absolute atomic E-state index is 6.79. The van der Waals surface area contributed by atoms with Crippen LogP contribution in [0.5, 0.6) is 0 Å². The Kier molecular flexibility index (Phi) is 5.48. The van der Waals surface area contributed by atoms with Crippen molar-refractivity contribution in [2.75, 3.05) is 0 Å². The summed E-state index contributed by atoms with van der Waals surface area (Å²) in [6, 6.07) is 52.1. The number of pyridine rings is 1. The van der Waals surface area contributed by atoms with Crippen molar-refractivity contribution >= 4 is 75.1 Å². The highest BCUT2D eigenvalue weighted by atomic mass is 32.1. The second-order valence-electron chi connectivity index (χ2n) is 11.8. The van der Waals surface area contributed by atoms with Gasteiger partial charge >= 0.3 is 0 Å². The lowest BCUT2D eigenvalue weighted by molar-refractivity contribution is 0.670. The van der Waals surface area contributed by atoms with E-state index in [0.717, 1.165) is 49.4 Å². The molecule has 3 heterocycles. The average Bonchev–Trinajstić information content (AvgIpc) is 3.71. The van der Waals surface area contributed by atoms with Gasteiger partial charge in [-0.2, -0.15) is 0 Å². The number of hydrogen-bond acceptors (Lipinski definition) is 3. The summed E-state index contributed by atoms with van der Waals surface area (Å²) in [5.74, 6) is 0. The van der Waals surface area contributed by atoms with Crippen LogP contribution in [-0.2, 0) is 0 Å². The molecule has 46 heavy (non-hydrogen) atoms. The Morgan fingerprint density at radius 2 is 1.09 bits per heavy atom. The van der Waals surface area contributed by atoms with Crippen molar-refractivity contribution in [3.05, 3.63) is 152 Å². The van der Waals surface area contributed by atoms with Gasteiger partial charge in [-0.05, 0) is 45.8 Å². The minimum Gasteiger partial charge on any atom is -0.455 e. The quantitative estimate of drug-likeness (QED) is 0.188. The van der Waals surface area contributed by atoms with Gasteiger partial charge in [0.25, 0.3) is 0 Å². The molecule has 0 aliphatic carbocycles. The van der Waals surface area contributed by atoms with Crippen molar-refractivity contribution in [2.24, 2.45) is 0 Å². The number of benzene rings is 7. The summed E-state index contributed by atoms with van der Waals surface area (Å²) in [5.41, 5.74) is 9.94. The van der Waals surface area contributed by atoms with E-state index in [1.807, 2.05) is 23.6 Å². The molecule has 2 nitrogen and oxygen atoms in total. The van der Waals surface area contributed by atoms with Crippen molar-refractivity contribution in [2.45, 2.75) is 0 Å². The Hall–Kier alpha value is -5.77. The predicted octanol–water partition coefficient (Wildman–Crippen LogP) is 12.7. The first-order valence-corrected chi connectivity index (χ1v) is 16.4. The molecule has 0 aliphatic heterocycles. The number of rotatable bonds is 3. The van der Waals surface area contributed by atoms with Gasteiger partial charge in [0, 0.05) is 59.0 Å². The molecule has 0 unspecified atom stereocenters. The Bertz CT molecular complexity index is 2810. The van der Waals surface area contributed by atoms with Crippen LogP contribution in [0.1, 0.15) is 0 Å². The molecular weight excluding hydrogens is 579 g/mol. The predicted molar refractivity (Wildman–Crippen MR) is 196 cm³/mol. The van der Waals surface area contributed by atoms with Crippen LogP contribution in [0.2, 0.25) is 0 Å². The van der Waals surface area contributed by atoms with Gasteiger partial charge < -0.3 is 4.42 Å². The Morgan fingerprint density at radius 1 is 0.435 bits per heavy atom. The molecule has 0 saturated carbocycles. The zero-order valence-electron chi connectivity index (χ0n) is 24.7. The maximum atomic E-state index is 6.79. The third kappa shape index (κ3) is 3.67. The molecule has 3 aromatic heterocycles. The van der Waals surface area contributed by atoms with E-state index in [4.69, 9.17) is 9.40 Å². The van der Waals surface area contributed by atoms with Gasteiger partial charge in [0.2, 0.25) is 0 Å². The first kappa shape index (κ1) is 25.5. The molecule has 0 radical (unpaired) electrons. The van der Waals surface area contributed by atoms with Crippen molar-refractivity contribution in [1.82, 2.24) is 4.98 Å². The van der Waals surface area contributed by atoms with Crippen molar-refractivity contribution < 1.29 is 4.42 Å². The molecule has 0 spiro atoms. The van der Waals surface area contributed by atoms with Crippen molar-refractivity contribution in [3.8, 4) is 33.4 Å². The van der Waals surface area contributed by atoms with E-state index in [0.29, 0.717) is 0 Å². The molecule has 0 amide bonds. The average molecular weight is 604 g/mol. The van der Waals surface area contributed by atoms with Crippen LogP contribution in [0.15, 0.2) is 156 Å². The molecule has 0 aliphatic rings. The summed E-state index contributed by atoms with van der Waals surface area (Å²) >= 11 is 1.89. The standard InChI is InChI=1S/C43H25NOS/c1-2-10-26(11-3-1)29-15-7-18-34-35-19-8-17-33(43(35)46-42(29)34)31-23-24-32(41-39(31)36-14-4-5-20-37(36)45-41)30-16-6-12-27-21-22-28-13-9-25-44-40(28)38(27)30/h1-25H. The number of para-hydroxylation sites is 1. The van der Waals surface area contributed by atoms with E-state index in [1.165, 1.54) is 47.8 Å². The second kappa shape index (κ2) is 9.87. The van der Waals surface area contributed by atoms with Gasteiger partial charge in [0.1, 0.15) is 11.2 Å². The molecule has 0 saturated heterocycles. The number of furan rings is 1. The minimum absolute atomic E-state index is 0.893. The smallest absolute Gasteiger partial charge is 0.143 e. The Morgan fingerprint density at radius 3 is 1.98 bits per heavy atom. The molecule has 0 N–H and O–H groups in total. The fraction of sp³-hybridized carbons (Fsp3) is 0. The van der Waals surface area contributed by atoms with Crippen molar-refractivity contribution in [3.63, 3.8) is 0 Å². The second-order valence-corrected chi connectivity index (χ2v) is 12.9. The minimum atomic E-state index is 0.893. The first-order valence-electron chi connectivity index (χ1n) is 15.5. The summed E-state index contributed by atoms with van der Waals surface area (Å²) in [6.07, 6.45) is 1.88. The van der Waals surface area contributed by atoms with Crippen LogP contribution in [0.25, 0.3) is 97.2 Å². The van der Waals surface area contributed by atoms with Gasteiger partial charge in [0.15, 0.2) is 0 Å². The highest BCUT2D eigenvalue weighted by Crippen LogP contribution is 2.48. The monoisotopic (exact) mass is 603 g/mol. The highest BCUT2D eigenvalue weighted by Gasteiger charge is 2.21. The summed E-state index contributed by atoms with van der Waals surface area (Å²) < 4.78 is 9.40. The number of fused-ring (bicyclic) bond motifs is 9. The summed E-state index contributed by atoms with van der Waals surface area (Å²) in [6.45, 7) is 0. The number of nitrogens with zero attached hydrogens (tertiary/aromatic N) is 1. The molecule has 3 heteroatoms. The zero-order chi connectivity index (χ0) is 30.2. The number of hydrogen-bond donors (Lipinski definition) is 0. The largest absolute Gasteiger partial charge is 0.455 e. The van der Waals surface area contributed by atoms with Gasteiger partial charge in [-0.25, -0.2) is 0 Å². The van der Waals surface area contributed by atoms with Crippen LogP contribution in [0.3, 0.4) is 0 Å². The van der Waals surface area contributed by atoms with Crippen molar-refractivity contribution in [1.29, 1.82) is 0 Å². The van der Waals surface area contributed by atoms with Gasteiger partial charge in [-0.1, -0.05) is 127 Å². The van der Waals surface area contributed by atoms with Crippen LogP contribution >= 0.6 is 11.3 Å².